The highest BCUT2D eigenvalue weighted by molar-refractivity contribution is 9.11. The summed E-state index contributed by atoms with van der Waals surface area (Å²) in [6.07, 6.45) is 5.35. The molecular formula is C17H22BrN3. The summed E-state index contributed by atoms with van der Waals surface area (Å²) in [5.41, 5.74) is 2.28. The van der Waals surface area contributed by atoms with Gasteiger partial charge in [-0.1, -0.05) is 47.5 Å². The average molecular weight is 348 g/mol. The van der Waals surface area contributed by atoms with Crippen LogP contribution in [0.5, 0.6) is 0 Å². The Morgan fingerprint density at radius 3 is 2.57 bits per heavy atom. The van der Waals surface area contributed by atoms with Crippen molar-refractivity contribution in [2.45, 2.75) is 38.8 Å². The van der Waals surface area contributed by atoms with E-state index in [1.165, 1.54) is 44.3 Å². The lowest BCUT2D eigenvalue weighted by Crippen LogP contribution is -2.26. The quantitative estimate of drug-likeness (QED) is 0.820. The topological polar surface area (TPSA) is 21.1 Å². The predicted molar refractivity (Wildman–Crippen MR) is 91.5 cm³/mol. The standard InChI is InChI=1S/C17H22BrN3/c1-14(18)12-21-16-9-5-4-8-15(16)19-17(21)13-20-10-6-2-3-7-11-20/h4-5,8-9H,1-3,6-7,10-13H2. The molecule has 1 aliphatic rings. The van der Waals surface area contributed by atoms with Crippen LogP contribution in [0.15, 0.2) is 35.3 Å². The monoisotopic (exact) mass is 347 g/mol. The Labute approximate surface area is 134 Å². The summed E-state index contributed by atoms with van der Waals surface area (Å²) in [7, 11) is 0. The Balaban J connectivity index is 1.90. The molecule has 0 amide bonds. The van der Waals surface area contributed by atoms with E-state index in [4.69, 9.17) is 4.98 Å². The maximum Gasteiger partial charge on any atom is 0.124 e. The van der Waals surface area contributed by atoms with Crippen LogP contribution in [0.1, 0.15) is 31.5 Å². The first-order chi connectivity index (χ1) is 10.2. The highest BCUT2D eigenvalue weighted by atomic mass is 79.9. The molecule has 1 aliphatic heterocycles. The third-order valence-electron chi connectivity index (χ3n) is 4.13. The number of allylic oxidation sites excluding steroid dienone is 1. The molecule has 0 atom stereocenters. The molecule has 0 unspecified atom stereocenters. The van der Waals surface area contributed by atoms with Gasteiger partial charge < -0.3 is 4.57 Å². The number of rotatable bonds is 4. The molecule has 0 N–H and O–H groups in total. The van der Waals surface area contributed by atoms with E-state index in [-0.39, 0.29) is 0 Å². The second-order valence-corrected chi connectivity index (χ2v) is 6.93. The maximum absolute atomic E-state index is 4.85. The smallest absolute Gasteiger partial charge is 0.124 e. The Morgan fingerprint density at radius 1 is 1.14 bits per heavy atom. The molecule has 0 radical (unpaired) electrons. The number of nitrogens with zero attached hydrogens (tertiary/aromatic N) is 3. The Kier molecular flexibility index (Phi) is 4.76. The molecule has 1 aromatic heterocycles. The van der Waals surface area contributed by atoms with Gasteiger partial charge in [-0.25, -0.2) is 4.98 Å². The molecule has 3 rings (SSSR count). The molecule has 2 aromatic rings. The number of para-hydroxylation sites is 2. The lowest BCUT2D eigenvalue weighted by atomic mass is 10.2. The van der Waals surface area contributed by atoms with E-state index < -0.39 is 0 Å². The minimum absolute atomic E-state index is 0.781. The fraction of sp³-hybridized carbons (Fsp3) is 0.471. The number of hydrogen-bond acceptors (Lipinski definition) is 2. The molecule has 21 heavy (non-hydrogen) atoms. The third-order valence-corrected chi connectivity index (χ3v) is 4.38. The molecule has 1 aromatic carbocycles. The van der Waals surface area contributed by atoms with Crippen LogP contribution in [0.2, 0.25) is 0 Å². The van der Waals surface area contributed by atoms with Crippen LogP contribution in [0, 0.1) is 0 Å². The predicted octanol–water partition coefficient (Wildman–Crippen LogP) is 4.32. The third kappa shape index (κ3) is 3.55. The zero-order chi connectivity index (χ0) is 14.7. The van der Waals surface area contributed by atoms with Crippen LogP contribution in [-0.2, 0) is 13.1 Å². The maximum atomic E-state index is 4.85. The van der Waals surface area contributed by atoms with Crippen molar-refractivity contribution in [1.29, 1.82) is 0 Å². The van der Waals surface area contributed by atoms with Crippen molar-refractivity contribution in [2.24, 2.45) is 0 Å². The van der Waals surface area contributed by atoms with Gasteiger partial charge in [0.25, 0.3) is 0 Å². The van der Waals surface area contributed by atoms with Crippen molar-refractivity contribution < 1.29 is 0 Å². The van der Waals surface area contributed by atoms with Crippen LogP contribution < -0.4 is 0 Å². The number of likely N-dealkylation sites (tertiary alicyclic amines) is 1. The summed E-state index contributed by atoms with van der Waals surface area (Å²) in [6.45, 7) is 8.10. The molecule has 112 valence electrons. The molecule has 0 saturated carbocycles. The van der Waals surface area contributed by atoms with Crippen LogP contribution in [0.25, 0.3) is 11.0 Å². The van der Waals surface area contributed by atoms with Gasteiger partial charge in [0.2, 0.25) is 0 Å². The van der Waals surface area contributed by atoms with E-state index in [2.05, 4.69) is 56.2 Å². The Bertz CT molecular complexity index is 624. The molecule has 0 bridgehead atoms. The molecule has 1 fully saturated rings. The lowest BCUT2D eigenvalue weighted by molar-refractivity contribution is 0.267. The van der Waals surface area contributed by atoms with Gasteiger partial charge in [0.15, 0.2) is 0 Å². The molecular weight excluding hydrogens is 326 g/mol. The highest BCUT2D eigenvalue weighted by Gasteiger charge is 2.15. The average Bonchev–Trinajstić information content (AvgIpc) is 2.64. The van der Waals surface area contributed by atoms with Crippen molar-refractivity contribution >= 4 is 27.0 Å². The number of aromatic nitrogens is 2. The summed E-state index contributed by atoms with van der Waals surface area (Å²) in [6, 6.07) is 8.37. The molecule has 1 saturated heterocycles. The number of halogens is 1. The van der Waals surface area contributed by atoms with Crippen LogP contribution in [-0.4, -0.2) is 27.5 Å². The number of hydrogen-bond donors (Lipinski definition) is 0. The first-order valence-corrected chi connectivity index (χ1v) is 8.53. The van der Waals surface area contributed by atoms with Crippen LogP contribution in [0.4, 0.5) is 0 Å². The van der Waals surface area contributed by atoms with E-state index >= 15 is 0 Å². The van der Waals surface area contributed by atoms with Gasteiger partial charge in [-0.15, -0.1) is 0 Å². The van der Waals surface area contributed by atoms with Gasteiger partial charge in [-0.05, 0) is 38.1 Å². The highest BCUT2D eigenvalue weighted by Crippen LogP contribution is 2.21. The van der Waals surface area contributed by atoms with E-state index in [9.17, 15) is 0 Å². The number of imidazole rings is 1. The van der Waals surface area contributed by atoms with Crippen LogP contribution in [0.3, 0.4) is 0 Å². The van der Waals surface area contributed by atoms with Gasteiger partial charge in [0, 0.05) is 4.48 Å². The van der Waals surface area contributed by atoms with Gasteiger partial charge in [0.05, 0.1) is 24.1 Å². The Hall–Kier alpha value is -1.13. The minimum Gasteiger partial charge on any atom is -0.322 e. The molecule has 0 aliphatic carbocycles. The van der Waals surface area contributed by atoms with Crippen LogP contribution >= 0.6 is 15.9 Å². The summed E-state index contributed by atoms with van der Waals surface area (Å²) >= 11 is 3.50. The zero-order valence-corrected chi connectivity index (χ0v) is 14.0. The van der Waals surface area contributed by atoms with E-state index in [0.717, 1.165) is 28.9 Å². The summed E-state index contributed by atoms with van der Waals surface area (Å²) in [5.74, 6) is 1.15. The van der Waals surface area contributed by atoms with Crippen molar-refractivity contribution in [3.63, 3.8) is 0 Å². The zero-order valence-electron chi connectivity index (χ0n) is 12.4. The van der Waals surface area contributed by atoms with Gasteiger partial charge in [-0.3, -0.25) is 4.90 Å². The molecule has 2 heterocycles. The minimum atomic E-state index is 0.781. The lowest BCUT2D eigenvalue weighted by Gasteiger charge is -2.20. The van der Waals surface area contributed by atoms with Crippen molar-refractivity contribution in [3.8, 4) is 0 Å². The Morgan fingerprint density at radius 2 is 1.86 bits per heavy atom. The molecule has 4 heteroatoms. The second kappa shape index (κ2) is 6.75. The number of benzene rings is 1. The summed E-state index contributed by atoms with van der Waals surface area (Å²) in [5, 5.41) is 0. The van der Waals surface area contributed by atoms with E-state index in [0.29, 0.717) is 0 Å². The summed E-state index contributed by atoms with van der Waals surface area (Å²) in [4.78, 5) is 7.39. The van der Waals surface area contributed by atoms with E-state index in [1.807, 2.05) is 0 Å². The van der Waals surface area contributed by atoms with Gasteiger partial charge in [0.1, 0.15) is 5.82 Å². The van der Waals surface area contributed by atoms with E-state index in [1.54, 1.807) is 0 Å². The van der Waals surface area contributed by atoms with Crippen molar-refractivity contribution in [3.05, 3.63) is 41.2 Å². The number of fused-ring (bicyclic) bond motifs is 1. The van der Waals surface area contributed by atoms with Gasteiger partial charge >= 0.3 is 0 Å². The van der Waals surface area contributed by atoms with Crippen molar-refractivity contribution in [1.82, 2.24) is 14.5 Å². The largest absolute Gasteiger partial charge is 0.322 e. The molecule has 0 spiro atoms. The van der Waals surface area contributed by atoms with Gasteiger partial charge in [-0.2, -0.15) is 0 Å². The summed E-state index contributed by atoms with van der Waals surface area (Å²) < 4.78 is 3.28. The molecule has 3 nitrogen and oxygen atoms in total. The first kappa shape index (κ1) is 14.8. The fourth-order valence-corrected chi connectivity index (χ4v) is 3.34. The van der Waals surface area contributed by atoms with Crippen molar-refractivity contribution in [2.75, 3.05) is 13.1 Å². The fourth-order valence-electron chi connectivity index (χ4n) is 3.09. The SMILES string of the molecule is C=C(Br)Cn1c(CN2CCCCCC2)nc2ccccc21. The normalized spacial score (nSPS) is 17.0. The second-order valence-electron chi connectivity index (χ2n) is 5.81. The first-order valence-electron chi connectivity index (χ1n) is 7.74.